The van der Waals surface area contributed by atoms with Crippen LogP contribution in [0.25, 0.3) is 0 Å². The average molecular weight is 546 g/mol. The second-order valence-electron chi connectivity index (χ2n) is 4.57. The monoisotopic (exact) mass is 546 g/mol. The molecule has 0 heterocycles. The molecule has 0 radical (unpaired) electrons. The Labute approximate surface area is 161 Å². The van der Waals surface area contributed by atoms with Crippen molar-refractivity contribution in [2.24, 2.45) is 0 Å². The lowest BCUT2D eigenvalue weighted by Gasteiger charge is -2.14. The van der Waals surface area contributed by atoms with Crippen molar-refractivity contribution in [2.75, 3.05) is 5.32 Å². The largest absolute Gasteiger partial charge is 0.478 e. The van der Waals surface area contributed by atoms with Gasteiger partial charge in [0.2, 0.25) is 5.91 Å². The first-order valence-electron chi connectivity index (χ1n) is 6.68. The Morgan fingerprint density at radius 3 is 2.55 bits per heavy atom. The molecule has 0 aromatic heterocycles. The lowest BCUT2D eigenvalue weighted by Crippen LogP contribution is -2.34. The Balaban J connectivity index is 2.76. The van der Waals surface area contributed by atoms with Crippen molar-refractivity contribution in [3.8, 4) is 0 Å². The van der Waals surface area contributed by atoms with E-state index in [0.29, 0.717) is 12.1 Å². The average Bonchev–Trinajstić information content (AvgIpc) is 2.41. The molecular formula is C14H16I2N2O3S. The molecule has 8 heteroatoms. The summed E-state index contributed by atoms with van der Waals surface area (Å²) in [7, 11) is 0. The van der Waals surface area contributed by atoms with Crippen LogP contribution in [0, 0.1) is 7.14 Å². The molecule has 0 saturated carbocycles. The van der Waals surface area contributed by atoms with Gasteiger partial charge in [-0.05, 0) is 76.0 Å². The number of benzene rings is 1. The van der Waals surface area contributed by atoms with E-state index in [1.807, 2.05) is 28.7 Å². The van der Waals surface area contributed by atoms with Crippen LogP contribution in [0.1, 0.15) is 43.0 Å². The molecule has 22 heavy (non-hydrogen) atoms. The van der Waals surface area contributed by atoms with E-state index in [1.54, 1.807) is 6.07 Å². The molecule has 0 spiro atoms. The van der Waals surface area contributed by atoms with Gasteiger partial charge in [0.25, 0.3) is 0 Å². The van der Waals surface area contributed by atoms with Crippen LogP contribution in [-0.4, -0.2) is 22.1 Å². The van der Waals surface area contributed by atoms with Crippen molar-refractivity contribution >= 4 is 80.1 Å². The molecule has 1 aromatic carbocycles. The third-order valence-electron chi connectivity index (χ3n) is 2.78. The van der Waals surface area contributed by atoms with Crippen LogP contribution in [0.5, 0.6) is 0 Å². The normalized spacial score (nSPS) is 10.1. The third-order valence-corrected chi connectivity index (χ3v) is 4.46. The van der Waals surface area contributed by atoms with Gasteiger partial charge in [-0.1, -0.05) is 19.8 Å². The lowest BCUT2D eigenvalue weighted by molar-refractivity contribution is -0.119. The number of carbonyl (C=O) groups is 2. The van der Waals surface area contributed by atoms with E-state index >= 15 is 0 Å². The summed E-state index contributed by atoms with van der Waals surface area (Å²) in [4.78, 5) is 23.0. The van der Waals surface area contributed by atoms with E-state index in [0.717, 1.165) is 26.4 Å². The van der Waals surface area contributed by atoms with Gasteiger partial charge in [-0.2, -0.15) is 0 Å². The number of halogens is 2. The van der Waals surface area contributed by atoms with Crippen molar-refractivity contribution in [2.45, 2.75) is 32.6 Å². The van der Waals surface area contributed by atoms with Gasteiger partial charge in [0.1, 0.15) is 0 Å². The van der Waals surface area contributed by atoms with Gasteiger partial charge in [0, 0.05) is 13.6 Å². The van der Waals surface area contributed by atoms with Crippen LogP contribution in [0.3, 0.4) is 0 Å². The maximum absolute atomic E-state index is 11.7. The Morgan fingerprint density at radius 1 is 1.27 bits per heavy atom. The van der Waals surface area contributed by atoms with Gasteiger partial charge in [0.15, 0.2) is 5.11 Å². The number of thiocarbonyl (C=S) groups is 1. The van der Waals surface area contributed by atoms with Crippen molar-refractivity contribution in [3.05, 3.63) is 24.8 Å². The molecular weight excluding hydrogens is 530 g/mol. The number of aromatic carboxylic acids is 1. The highest BCUT2D eigenvalue weighted by Crippen LogP contribution is 2.26. The number of anilines is 1. The van der Waals surface area contributed by atoms with E-state index in [2.05, 4.69) is 40.1 Å². The fourth-order valence-electron chi connectivity index (χ4n) is 1.74. The number of carbonyl (C=O) groups excluding carboxylic acids is 1. The van der Waals surface area contributed by atoms with Crippen LogP contribution in [0.4, 0.5) is 5.69 Å². The Kier molecular flexibility index (Phi) is 8.54. The summed E-state index contributed by atoms with van der Waals surface area (Å²) >= 11 is 9.18. The molecule has 0 aliphatic carbocycles. The number of hydrogen-bond acceptors (Lipinski definition) is 3. The summed E-state index contributed by atoms with van der Waals surface area (Å²) < 4.78 is 1.55. The molecule has 0 atom stereocenters. The number of unbranched alkanes of at least 4 members (excludes halogenated alkanes) is 2. The number of carboxylic acid groups (broad SMARTS) is 1. The van der Waals surface area contributed by atoms with Crippen molar-refractivity contribution < 1.29 is 14.7 Å². The molecule has 1 rings (SSSR count). The quantitative estimate of drug-likeness (QED) is 0.286. The van der Waals surface area contributed by atoms with Gasteiger partial charge in [-0.3, -0.25) is 4.79 Å². The zero-order valence-corrected chi connectivity index (χ0v) is 17.0. The van der Waals surface area contributed by atoms with Crippen molar-refractivity contribution in [1.29, 1.82) is 0 Å². The first-order chi connectivity index (χ1) is 10.3. The summed E-state index contributed by atoms with van der Waals surface area (Å²) in [5.74, 6) is -1.21. The molecule has 0 fully saturated rings. The standard InChI is InChI=1S/C14H16I2N2O3S/c1-2-3-4-5-11(19)17-14(22)18-12-9(13(20)21)6-8(15)7-10(12)16/h6-7H,2-5H2,1H3,(H,20,21)(H2,17,18,19,22). The highest BCUT2D eigenvalue weighted by atomic mass is 127. The highest BCUT2D eigenvalue weighted by molar-refractivity contribution is 14.1. The van der Waals surface area contributed by atoms with Gasteiger partial charge < -0.3 is 15.7 Å². The SMILES string of the molecule is CCCCCC(=O)NC(=S)Nc1c(I)cc(I)cc1C(=O)O. The Hall–Kier alpha value is -0.490. The molecule has 0 bridgehead atoms. The molecule has 0 aliphatic rings. The molecule has 3 N–H and O–H groups in total. The lowest BCUT2D eigenvalue weighted by atomic mass is 10.2. The summed E-state index contributed by atoms with van der Waals surface area (Å²) in [5, 5.41) is 14.8. The van der Waals surface area contributed by atoms with Crippen LogP contribution in [0.15, 0.2) is 12.1 Å². The number of amides is 1. The van der Waals surface area contributed by atoms with Crippen LogP contribution < -0.4 is 10.6 Å². The second-order valence-corrected chi connectivity index (χ2v) is 7.39. The van der Waals surface area contributed by atoms with E-state index in [1.165, 1.54) is 0 Å². The zero-order valence-electron chi connectivity index (χ0n) is 11.9. The highest BCUT2D eigenvalue weighted by Gasteiger charge is 2.16. The molecule has 1 amide bonds. The van der Waals surface area contributed by atoms with E-state index in [-0.39, 0.29) is 16.6 Å². The summed E-state index contributed by atoms with van der Waals surface area (Å²) in [6.07, 6.45) is 3.25. The predicted molar refractivity (Wildman–Crippen MR) is 107 cm³/mol. The fraction of sp³-hybridized carbons (Fsp3) is 0.357. The van der Waals surface area contributed by atoms with Gasteiger partial charge >= 0.3 is 5.97 Å². The molecule has 1 aromatic rings. The smallest absolute Gasteiger partial charge is 0.337 e. The van der Waals surface area contributed by atoms with Gasteiger partial charge in [0.05, 0.1) is 11.3 Å². The first-order valence-corrected chi connectivity index (χ1v) is 9.25. The van der Waals surface area contributed by atoms with E-state index in [4.69, 9.17) is 12.2 Å². The zero-order chi connectivity index (χ0) is 16.7. The fourth-order valence-corrected chi connectivity index (χ4v) is 3.93. The summed E-state index contributed by atoms with van der Waals surface area (Å²) in [5.41, 5.74) is 0.520. The molecule has 0 saturated heterocycles. The number of carboxylic acids is 1. The second kappa shape index (κ2) is 9.60. The molecule has 0 aliphatic heterocycles. The topological polar surface area (TPSA) is 78.4 Å². The van der Waals surface area contributed by atoms with Crippen LogP contribution >= 0.6 is 57.4 Å². The number of rotatable bonds is 6. The first kappa shape index (κ1) is 19.6. The van der Waals surface area contributed by atoms with Crippen LogP contribution in [0.2, 0.25) is 0 Å². The Bertz CT molecular complexity index is 594. The third kappa shape index (κ3) is 6.32. The Morgan fingerprint density at radius 2 is 1.95 bits per heavy atom. The van der Waals surface area contributed by atoms with Crippen molar-refractivity contribution in [1.82, 2.24) is 5.32 Å². The molecule has 120 valence electrons. The summed E-state index contributed by atoms with van der Waals surface area (Å²) in [6.45, 7) is 2.07. The van der Waals surface area contributed by atoms with Crippen LogP contribution in [-0.2, 0) is 4.79 Å². The van der Waals surface area contributed by atoms with E-state index < -0.39 is 5.97 Å². The number of nitrogens with one attached hydrogen (secondary N) is 2. The minimum atomic E-state index is -1.05. The molecule has 5 nitrogen and oxygen atoms in total. The van der Waals surface area contributed by atoms with Gasteiger partial charge in [-0.25, -0.2) is 4.79 Å². The van der Waals surface area contributed by atoms with E-state index in [9.17, 15) is 14.7 Å². The molecule has 0 unspecified atom stereocenters. The maximum Gasteiger partial charge on any atom is 0.337 e. The minimum Gasteiger partial charge on any atom is -0.478 e. The predicted octanol–water partition coefficient (Wildman–Crippen LogP) is 3.99. The minimum absolute atomic E-state index is 0.114. The number of hydrogen-bond donors (Lipinski definition) is 3. The summed E-state index contributed by atoms with van der Waals surface area (Å²) in [6, 6.07) is 3.39. The van der Waals surface area contributed by atoms with Gasteiger partial charge in [-0.15, -0.1) is 0 Å². The van der Waals surface area contributed by atoms with Crippen molar-refractivity contribution in [3.63, 3.8) is 0 Å². The maximum atomic E-state index is 11.7.